The molecule has 0 aliphatic heterocycles. The molecule has 2 rings (SSSR count). The fourth-order valence-corrected chi connectivity index (χ4v) is 3.43. The quantitative estimate of drug-likeness (QED) is 0.275. The van der Waals surface area contributed by atoms with Gasteiger partial charge < -0.3 is 32.2 Å². The molecule has 0 unspecified atom stereocenters. The second-order valence-corrected chi connectivity index (χ2v) is 8.27. The molecule has 32 heavy (non-hydrogen) atoms. The summed E-state index contributed by atoms with van der Waals surface area (Å²) in [6, 6.07) is 4.49. The number of fused-ring (bicyclic) bond motifs is 1. The summed E-state index contributed by atoms with van der Waals surface area (Å²) in [6.07, 6.45) is 2.03. The van der Waals surface area contributed by atoms with Gasteiger partial charge in [0.15, 0.2) is 0 Å². The number of rotatable bonds is 12. The fraction of sp³-hybridized carbons (Fsp3) is 0.455. The van der Waals surface area contributed by atoms with Crippen molar-refractivity contribution in [3.05, 3.63) is 36.0 Å². The van der Waals surface area contributed by atoms with E-state index in [0.29, 0.717) is 6.42 Å². The van der Waals surface area contributed by atoms with Gasteiger partial charge in [-0.15, -0.1) is 0 Å². The molecule has 0 saturated heterocycles. The zero-order chi connectivity index (χ0) is 23.8. The van der Waals surface area contributed by atoms with Crippen molar-refractivity contribution in [2.45, 2.75) is 57.7 Å². The molecule has 10 heteroatoms. The summed E-state index contributed by atoms with van der Waals surface area (Å²) in [7, 11) is 0. The third-order valence-electron chi connectivity index (χ3n) is 5.09. The lowest BCUT2D eigenvalue weighted by molar-refractivity contribution is -0.142. The molecule has 3 atom stereocenters. The zero-order valence-electron chi connectivity index (χ0n) is 18.3. The number of carboxylic acid groups (broad SMARTS) is 1. The Bertz CT molecular complexity index is 971. The minimum Gasteiger partial charge on any atom is -0.480 e. The number of H-pyrrole nitrogens is 1. The lowest BCUT2D eigenvalue weighted by Gasteiger charge is -2.24. The topological polar surface area (TPSA) is 180 Å². The summed E-state index contributed by atoms with van der Waals surface area (Å²) in [5, 5.41) is 15.3. The number of benzene rings is 1. The van der Waals surface area contributed by atoms with Crippen molar-refractivity contribution >= 4 is 34.6 Å². The van der Waals surface area contributed by atoms with E-state index in [1.54, 1.807) is 6.20 Å². The second-order valence-electron chi connectivity index (χ2n) is 8.27. The second kappa shape index (κ2) is 11.3. The van der Waals surface area contributed by atoms with Gasteiger partial charge in [0.1, 0.15) is 12.1 Å². The molecule has 174 valence electrons. The fourth-order valence-electron chi connectivity index (χ4n) is 3.43. The first-order chi connectivity index (χ1) is 15.1. The molecule has 1 heterocycles. The molecule has 0 saturated carbocycles. The highest BCUT2D eigenvalue weighted by Gasteiger charge is 2.29. The molecule has 1 aromatic carbocycles. The Morgan fingerprint density at radius 1 is 1.06 bits per heavy atom. The summed E-state index contributed by atoms with van der Waals surface area (Å²) in [6.45, 7) is 3.75. The molecule has 0 radical (unpaired) electrons. The van der Waals surface area contributed by atoms with Crippen LogP contribution in [0.1, 0.15) is 38.7 Å². The normalized spacial score (nSPS) is 14.0. The Kier molecular flexibility index (Phi) is 8.77. The third kappa shape index (κ3) is 7.09. The van der Waals surface area contributed by atoms with Gasteiger partial charge in [0, 0.05) is 23.5 Å². The van der Waals surface area contributed by atoms with E-state index in [0.717, 1.165) is 16.5 Å². The van der Waals surface area contributed by atoms with Crippen LogP contribution >= 0.6 is 0 Å². The highest BCUT2D eigenvalue weighted by Crippen LogP contribution is 2.19. The molecule has 0 aliphatic rings. The van der Waals surface area contributed by atoms with Crippen LogP contribution in [0.4, 0.5) is 0 Å². The van der Waals surface area contributed by atoms with Gasteiger partial charge in [-0.2, -0.15) is 0 Å². The third-order valence-corrected chi connectivity index (χ3v) is 5.09. The van der Waals surface area contributed by atoms with Crippen LogP contribution in [-0.2, 0) is 25.6 Å². The number of carbonyl (C=O) groups is 4. The van der Waals surface area contributed by atoms with Crippen LogP contribution < -0.4 is 22.1 Å². The van der Waals surface area contributed by atoms with Crippen LogP contribution in [0.2, 0.25) is 0 Å². The number of hydrogen-bond acceptors (Lipinski definition) is 5. The van der Waals surface area contributed by atoms with Gasteiger partial charge in [-0.3, -0.25) is 14.4 Å². The van der Waals surface area contributed by atoms with E-state index in [4.69, 9.17) is 11.5 Å². The standard InChI is InChI=1S/C22H31N5O5/c1-12(2)9-18(21(30)26-17(22(31)32)7-8-19(24)28)27-20(29)15(23)10-13-11-25-16-6-4-3-5-14(13)16/h3-6,11-12,15,17-18,25H,7-10,23H2,1-2H3,(H2,24,28)(H,26,30)(H,27,29)(H,31,32)/t15-,17-,18-/m0/s1. The van der Waals surface area contributed by atoms with E-state index in [2.05, 4.69) is 15.6 Å². The van der Waals surface area contributed by atoms with E-state index < -0.39 is 41.8 Å². The Balaban J connectivity index is 2.05. The number of carbonyl (C=O) groups excluding carboxylic acids is 3. The SMILES string of the molecule is CC(C)C[C@H](NC(=O)[C@@H](N)Cc1c[nH]c2ccccc12)C(=O)N[C@@H](CCC(N)=O)C(=O)O. The smallest absolute Gasteiger partial charge is 0.326 e. The largest absolute Gasteiger partial charge is 0.480 e. The van der Waals surface area contributed by atoms with Crippen molar-refractivity contribution < 1.29 is 24.3 Å². The van der Waals surface area contributed by atoms with Crippen molar-refractivity contribution in [3.8, 4) is 0 Å². The number of primary amides is 1. The van der Waals surface area contributed by atoms with E-state index >= 15 is 0 Å². The summed E-state index contributed by atoms with van der Waals surface area (Å²) < 4.78 is 0. The van der Waals surface area contributed by atoms with Crippen molar-refractivity contribution in [2.24, 2.45) is 17.4 Å². The van der Waals surface area contributed by atoms with E-state index in [-0.39, 0.29) is 25.2 Å². The Morgan fingerprint density at radius 3 is 2.34 bits per heavy atom. The molecule has 0 aliphatic carbocycles. The lowest BCUT2D eigenvalue weighted by Crippen LogP contribution is -2.55. The molecular formula is C22H31N5O5. The number of nitrogens with two attached hydrogens (primary N) is 2. The Labute approximate surface area is 186 Å². The first kappa shape index (κ1) is 24.9. The summed E-state index contributed by atoms with van der Waals surface area (Å²) >= 11 is 0. The molecule has 0 spiro atoms. The first-order valence-electron chi connectivity index (χ1n) is 10.5. The number of nitrogens with one attached hydrogen (secondary N) is 3. The number of amides is 3. The van der Waals surface area contributed by atoms with Crippen molar-refractivity contribution in [1.82, 2.24) is 15.6 Å². The maximum Gasteiger partial charge on any atom is 0.326 e. The number of aliphatic carboxylic acids is 1. The highest BCUT2D eigenvalue weighted by atomic mass is 16.4. The van der Waals surface area contributed by atoms with Gasteiger partial charge in [0.2, 0.25) is 17.7 Å². The highest BCUT2D eigenvalue weighted by molar-refractivity contribution is 5.92. The van der Waals surface area contributed by atoms with Gasteiger partial charge >= 0.3 is 5.97 Å². The molecule has 0 fully saturated rings. The zero-order valence-corrected chi connectivity index (χ0v) is 18.3. The summed E-state index contributed by atoms with van der Waals surface area (Å²) in [5.74, 6) is -3.07. The number of aromatic amines is 1. The number of carboxylic acids is 1. The summed E-state index contributed by atoms with van der Waals surface area (Å²) in [4.78, 5) is 51.0. The van der Waals surface area contributed by atoms with Crippen molar-refractivity contribution in [3.63, 3.8) is 0 Å². The number of hydrogen-bond donors (Lipinski definition) is 6. The minimum absolute atomic E-state index is 0.0461. The van der Waals surface area contributed by atoms with Gasteiger partial charge in [-0.05, 0) is 36.8 Å². The Hall–Kier alpha value is -3.40. The van der Waals surface area contributed by atoms with Crippen LogP contribution in [0.25, 0.3) is 10.9 Å². The molecule has 8 N–H and O–H groups in total. The maximum absolute atomic E-state index is 12.7. The first-order valence-corrected chi connectivity index (χ1v) is 10.5. The van der Waals surface area contributed by atoms with E-state index in [1.165, 1.54) is 0 Å². The molecule has 2 aromatic rings. The monoisotopic (exact) mass is 445 g/mol. The lowest BCUT2D eigenvalue weighted by atomic mass is 10.0. The number of para-hydroxylation sites is 1. The van der Waals surface area contributed by atoms with Crippen molar-refractivity contribution in [1.29, 1.82) is 0 Å². The molecule has 1 aromatic heterocycles. The van der Waals surface area contributed by atoms with Gasteiger partial charge in [0.25, 0.3) is 0 Å². The Morgan fingerprint density at radius 2 is 1.72 bits per heavy atom. The van der Waals surface area contributed by atoms with E-state index in [9.17, 15) is 24.3 Å². The summed E-state index contributed by atoms with van der Waals surface area (Å²) in [5.41, 5.74) is 13.0. The number of aromatic nitrogens is 1. The van der Waals surface area contributed by atoms with Gasteiger partial charge in [-0.1, -0.05) is 32.0 Å². The molecule has 3 amide bonds. The van der Waals surface area contributed by atoms with Crippen LogP contribution in [0.15, 0.2) is 30.5 Å². The van der Waals surface area contributed by atoms with Crippen molar-refractivity contribution in [2.75, 3.05) is 0 Å². The van der Waals surface area contributed by atoms with Gasteiger partial charge in [0.05, 0.1) is 6.04 Å². The van der Waals surface area contributed by atoms with E-state index in [1.807, 2.05) is 38.1 Å². The maximum atomic E-state index is 12.7. The molecular weight excluding hydrogens is 414 g/mol. The van der Waals surface area contributed by atoms with Crippen LogP contribution in [0.5, 0.6) is 0 Å². The predicted molar refractivity (Wildman–Crippen MR) is 119 cm³/mol. The minimum atomic E-state index is -1.29. The average Bonchev–Trinajstić information content (AvgIpc) is 3.12. The van der Waals surface area contributed by atoms with Crippen LogP contribution in [0, 0.1) is 5.92 Å². The van der Waals surface area contributed by atoms with Gasteiger partial charge in [-0.25, -0.2) is 4.79 Å². The molecule has 0 bridgehead atoms. The molecule has 10 nitrogen and oxygen atoms in total. The van der Waals surface area contributed by atoms with Crippen LogP contribution in [-0.4, -0.2) is 51.9 Å². The van der Waals surface area contributed by atoms with Crippen LogP contribution in [0.3, 0.4) is 0 Å². The average molecular weight is 446 g/mol. The predicted octanol–water partition coefficient (Wildman–Crippen LogP) is 0.404.